The van der Waals surface area contributed by atoms with E-state index in [1.165, 1.54) is 22.3 Å². The molecule has 2 rings (SSSR count). The number of aryl methyl sites for hydroxylation is 4. The maximum atomic E-state index is 12.1. The van der Waals surface area contributed by atoms with E-state index in [0.717, 1.165) is 6.54 Å². The van der Waals surface area contributed by atoms with Gasteiger partial charge in [-0.05, 0) is 44.0 Å². The van der Waals surface area contributed by atoms with Crippen LogP contribution in [0, 0.1) is 20.8 Å². The molecule has 4 heteroatoms. The first-order valence-corrected chi connectivity index (χ1v) is 7.47. The van der Waals surface area contributed by atoms with Gasteiger partial charge in [0.25, 0.3) is 0 Å². The second-order valence-corrected chi connectivity index (χ2v) is 5.77. The van der Waals surface area contributed by atoms with Gasteiger partial charge in [0.1, 0.15) is 0 Å². The van der Waals surface area contributed by atoms with Gasteiger partial charge < -0.3 is 9.88 Å². The van der Waals surface area contributed by atoms with Crippen molar-refractivity contribution < 1.29 is 0 Å². The summed E-state index contributed by atoms with van der Waals surface area (Å²) in [7, 11) is 1.78. The molecule has 0 aliphatic heterocycles. The van der Waals surface area contributed by atoms with Gasteiger partial charge in [-0.3, -0.25) is 4.57 Å². The highest BCUT2D eigenvalue weighted by atomic mass is 16.1. The van der Waals surface area contributed by atoms with Crippen molar-refractivity contribution >= 4 is 0 Å². The molecular formula is C17H25N3O. The molecule has 0 saturated heterocycles. The average molecular weight is 287 g/mol. The van der Waals surface area contributed by atoms with Crippen molar-refractivity contribution in [3.8, 4) is 0 Å². The number of aromatic nitrogens is 2. The van der Waals surface area contributed by atoms with Crippen LogP contribution in [0.15, 0.2) is 29.3 Å². The van der Waals surface area contributed by atoms with Gasteiger partial charge in [0, 0.05) is 26.0 Å². The van der Waals surface area contributed by atoms with Crippen molar-refractivity contribution in [2.24, 2.45) is 7.05 Å². The lowest BCUT2D eigenvalue weighted by molar-refractivity contribution is 0.461. The Labute approximate surface area is 126 Å². The molecular weight excluding hydrogens is 262 g/mol. The number of nitrogens with zero attached hydrogens (tertiary/aromatic N) is 2. The molecule has 1 aromatic heterocycles. The summed E-state index contributed by atoms with van der Waals surface area (Å²) in [4.78, 5) is 12.1. The Kier molecular flexibility index (Phi) is 4.68. The molecule has 2 aromatic rings. The fraction of sp³-hybridized carbons (Fsp3) is 0.471. The number of hydrogen-bond acceptors (Lipinski definition) is 2. The van der Waals surface area contributed by atoms with Crippen molar-refractivity contribution in [2.45, 2.75) is 40.3 Å². The number of hydrogen-bond donors (Lipinski definition) is 1. The van der Waals surface area contributed by atoms with Crippen molar-refractivity contribution in [2.75, 3.05) is 6.54 Å². The van der Waals surface area contributed by atoms with Crippen LogP contribution < -0.4 is 11.0 Å². The second kappa shape index (κ2) is 6.31. The minimum atomic E-state index is 0.0281. The summed E-state index contributed by atoms with van der Waals surface area (Å²) >= 11 is 0. The second-order valence-electron chi connectivity index (χ2n) is 5.77. The molecule has 0 radical (unpaired) electrons. The first-order valence-electron chi connectivity index (χ1n) is 7.47. The number of nitrogens with one attached hydrogen (secondary N) is 1. The van der Waals surface area contributed by atoms with Gasteiger partial charge in [0.2, 0.25) is 0 Å². The quantitative estimate of drug-likeness (QED) is 0.917. The third-order valence-electron chi connectivity index (χ3n) is 3.93. The van der Waals surface area contributed by atoms with E-state index >= 15 is 0 Å². The van der Waals surface area contributed by atoms with E-state index in [-0.39, 0.29) is 11.7 Å². The van der Waals surface area contributed by atoms with Gasteiger partial charge >= 0.3 is 5.69 Å². The molecule has 1 heterocycles. The minimum absolute atomic E-state index is 0.0281. The number of likely N-dealkylation sites (N-methyl/N-ethyl adjacent to an activating group) is 1. The monoisotopic (exact) mass is 287 g/mol. The van der Waals surface area contributed by atoms with E-state index in [4.69, 9.17) is 0 Å². The Morgan fingerprint density at radius 1 is 1.14 bits per heavy atom. The van der Waals surface area contributed by atoms with E-state index in [9.17, 15) is 4.79 Å². The molecule has 1 atom stereocenters. The zero-order chi connectivity index (χ0) is 15.6. The summed E-state index contributed by atoms with van der Waals surface area (Å²) in [5.74, 6) is 0. The normalized spacial score (nSPS) is 12.6. The molecule has 114 valence electrons. The maximum Gasteiger partial charge on any atom is 0.327 e. The standard InChI is InChI=1S/C17H25N3O/c1-6-18-15(11-20-8-7-19(5)17(20)21)16-13(3)9-12(2)10-14(16)4/h7-10,15,18H,6,11H2,1-5H3. The zero-order valence-electron chi connectivity index (χ0n) is 13.6. The van der Waals surface area contributed by atoms with Crippen LogP contribution in [0.3, 0.4) is 0 Å². The molecule has 1 N–H and O–H groups in total. The largest absolute Gasteiger partial charge is 0.327 e. The summed E-state index contributed by atoms with van der Waals surface area (Å²) in [5.41, 5.74) is 5.17. The number of imidazole rings is 1. The SMILES string of the molecule is CCNC(Cn1ccn(C)c1=O)c1c(C)cc(C)cc1C. The van der Waals surface area contributed by atoms with Crippen LogP contribution in [0.2, 0.25) is 0 Å². The van der Waals surface area contributed by atoms with E-state index in [0.29, 0.717) is 6.54 Å². The van der Waals surface area contributed by atoms with Crippen molar-refractivity contribution in [1.82, 2.24) is 14.5 Å². The molecule has 21 heavy (non-hydrogen) atoms. The lowest BCUT2D eigenvalue weighted by Crippen LogP contribution is -2.31. The van der Waals surface area contributed by atoms with Crippen LogP contribution in [0.4, 0.5) is 0 Å². The summed E-state index contributed by atoms with van der Waals surface area (Å²) in [6.07, 6.45) is 3.66. The van der Waals surface area contributed by atoms with Gasteiger partial charge in [0.15, 0.2) is 0 Å². The fourth-order valence-electron chi connectivity index (χ4n) is 3.09. The third kappa shape index (κ3) is 3.27. The number of rotatable bonds is 5. The molecule has 0 aliphatic rings. The fourth-order valence-corrected chi connectivity index (χ4v) is 3.09. The highest BCUT2D eigenvalue weighted by Crippen LogP contribution is 2.24. The summed E-state index contributed by atoms with van der Waals surface area (Å²) in [6, 6.07) is 4.57. The van der Waals surface area contributed by atoms with Gasteiger partial charge in [0.05, 0.1) is 6.04 Å². The van der Waals surface area contributed by atoms with Crippen molar-refractivity contribution in [3.63, 3.8) is 0 Å². The van der Waals surface area contributed by atoms with Crippen LogP contribution in [0.1, 0.15) is 35.2 Å². The molecule has 0 amide bonds. The van der Waals surface area contributed by atoms with Crippen molar-refractivity contribution in [1.29, 1.82) is 0 Å². The van der Waals surface area contributed by atoms with E-state index in [1.54, 1.807) is 22.4 Å². The molecule has 1 unspecified atom stereocenters. The van der Waals surface area contributed by atoms with Crippen LogP contribution in [0.5, 0.6) is 0 Å². The number of benzene rings is 1. The highest BCUT2D eigenvalue weighted by molar-refractivity contribution is 5.39. The molecule has 0 spiro atoms. The molecule has 1 aromatic carbocycles. The van der Waals surface area contributed by atoms with Crippen molar-refractivity contribution in [3.05, 3.63) is 57.3 Å². The zero-order valence-corrected chi connectivity index (χ0v) is 13.6. The summed E-state index contributed by atoms with van der Waals surface area (Å²) in [6.45, 7) is 10.0. The molecule has 0 bridgehead atoms. The average Bonchev–Trinajstić information content (AvgIpc) is 2.69. The Balaban J connectivity index is 2.40. The summed E-state index contributed by atoms with van der Waals surface area (Å²) < 4.78 is 3.38. The minimum Gasteiger partial charge on any atom is -0.309 e. The molecule has 0 fully saturated rings. The Bertz CT molecular complexity index is 659. The van der Waals surface area contributed by atoms with Gasteiger partial charge in [-0.1, -0.05) is 24.6 Å². The van der Waals surface area contributed by atoms with E-state index in [1.807, 2.05) is 6.20 Å². The Hall–Kier alpha value is -1.81. The van der Waals surface area contributed by atoms with Gasteiger partial charge in [-0.25, -0.2) is 4.79 Å². The molecule has 4 nitrogen and oxygen atoms in total. The highest BCUT2D eigenvalue weighted by Gasteiger charge is 2.17. The first kappa shape index (κ1) is 15.6. The van der Waals surface area contributed by atoms with Gasteiger partial charge in [-0.15, -0.1) is 0 Å². The predicted molar refractivity (Wildman–Crippen MR) is 86.7 cm³/mol. The summed E-state index contributed by atoms with van der Waals surface area (Å²) in [5, 5.41) is 3.52. The van der Waals surface area contributed by atoms with Gasteiger partial charge in [-0.2, -0.15) is 0 Å². The Morgan fingerprint density at radius 3 is 2.24 bits per heavy atom. The smallest absolute Gasteiger partial charge is 0.309 e. The topological polar surface area (TPSA) is 39.0 Å². The Morgan fingerprint density at radius 2 is 1.76 bits per heavy atom. The third-order valence-corrected chi connectivity index (χ3v) is 3.93. The molecule has 0 aliphatic carbocycles. The van der Waals surface area contributed by atoms with Crippen LogP contribution in [0.25, 0.3) is 0 Å². The maximum absolute atomic E-state index is 12.1. The lowest BCUT2D eigenvalue weighted by atomic mass is 9.94. The van der Waals surface area contributed by atoms with Crippen LogP contribution in [-0.4, -0.2) is 15.7 Å². The first-order chi connectivity index (χ1) is 9.93. The van der Waals surface area contributed by atoms with Crippen LogP contribution in [-0.2, 0) is 13.6 Å². The predicted octanol–water partition coefficient (Wildman–Crippen LogP) is 2.46. The van der Waals surface area contributed by atoms with E-state index in [2.05, 4.69) is 45.1 Å². The lowest BCUT2D eigenvalue weighted by Gasteiger charge is -2.23. The molecule has 0 saturated carbocycles. The van der Waals surface area contributed by atoms with E-state index < -0.39 is 0 Å². The van der Waals surface area contributed by atoms with Crippen LogP contribution >= 0.6 is 0 Å².